The third-order valence-electron chi connectivity index (χ3n) is 5.68. The number of ether oxygens (including phenoxy) is 1. The smallest absolute Gasteiger partial charge is 0.109 e. The van der Waals surface area contributed by atoms with E-state index in [-0.39, 0.29) is 5.54 Å². The molecule has 118 valence electrons. The summed E-state index contributed by atoms with van der Waals surface area (Å²) >= 11 is 0. The fourth-order valence-corrected chi connectivity index (χ4v) is 4.22. The molecule has 2 unspecified atom stereocenters. The van der Waals surface area contributed by atoms with Crippen LogP contribution in [0.2, 0.25) is 0 Å². The number of hydrogen-bond acceptors (Lipinski definition) is 3. The molecule has 0 saturated heterocycles. The highest BCUT2D eigenvalue weighted by atomic mass is 16.5. The van der Waals surface area contributed by atoms with Gasteiger partial charge in [0.25, 0.3) is 0 Å². The molecular formula is C18H30N2O. The van der Waals surface area contributed by atoms with Crippen LogP contribution in [0.4, 0.5) is 0 Å². The fraction of sp³-hybridized carbons (Fsp3) is 0.944. The molecule has 0 spiro atoms. The molecule has 3 aliphatic carbocycles. The monoisotopic (exact) mass is 290 g/mol. The summed E-state index contributed by atoms with van der Waals surface area (Å²) in [6, 6.07) is 3.25. The van der Waals surface area contributed by atoms with Gasteiger partial charge in [0, 0.05) is 12.6 Å². The van der Waals surface area contributed by atoms with Crippen LogP contribution >= 0.6 is 0 Å². The highest BCUT2D eigenvalue weighted by molar-refractivity contribution is 5.16. The van der Waals surface area contributed by atoms with Crippen LogP contribution in [0.3, 0.4) is 0 Å². The SMILES string of the molecule is N#CC1(NC2CC2)CCCC1CCOC1CCCCCC1. The van der Waals surface area contributed by atoms with Crippen LogP contribution < -0.4 is 5.32 Å². The van der Waals surface area contributed by atoms with E-state index < -0.39 is 0 Å². The highest BCUT2D eigenvalue weighted by Gasteiger charge is 2.45. The lowest BCUT2D eigenvalue weighted by molar-refractivity contribution is 0.0315. The first kappa shape index (κ1) is 15.3. The van der Waals surface area contributed by atoms with Gasteiger partial charge in [-0.25, -0.2) is 0 Å². The number of hydrogen-bond donors (Lipinski definition) is 1. The van der Waals surface area contributed by atoms with E-state index in [0.29, 0.717) is 18.1 Å². The molecule has 0 radical (unpaired) electrons. The highest BCUT2D eigenvalue weighted by Crippen LogP contribution is 2.40. The van der Waals surface area contributed by atoms with Crippen molar-refractivity contribution in [2.45, 2.75) is 94.7 Å². The maximum Gasteiger partial charge on any atom is 0.109 e. The van der Waals surface area contributed by atoms with Crippen molar-refractivity contribution in [3.63, 3.8) is 0 Å². The fourth-order valence-electron chi connectivity index (χ4n) is 4.22. The summed E-state index contributed by atoms with van der Waals surface area (Å²) in [6.07, 6.45) is 15.4. The zero-order chi connectivity index (χ0) is 14.5. The van der Waals surface area contributed by atoms with Crippen LogP contribution in [0.25, 0.3) is 0 Å². The molecular weight excluding hydrogens is 260 g/mol. The van der Waals surface area contributed by atoms with E-state index in [4.69, 9.17) is 4.74 Å². The third-order valence-corrected chi connectivity index (χ3v) is 5.68. The average molecular weight is 290 g/mol. The van der Waals surface area contributed by atoms with Crippen molar-refractivity contribution in [2.24, 2.45) is 5.92 Å². The minimum absolute atomic E-state index is 0.242. The van der Waals surface area contributed by atoms with Gasteiger partial charge in [-0.3, -0.25) is 5.32 Å². The molecule has 0 aromatic carbocycles. The molecule has 21 heavy (non-hydrogen) atoms. The molecule has 0 amide bonds. The summed E-state index contributed by atoms with van der Waals surface area (Å²) in [5.74, 6) is 0.494. The van der Waals surface area contributed by atoms with E-state index in [1.165, 1.54) is 64.2 Å². The lowest BCUT2D eigenvalue weighted by atomic mass is 9.86. The van der Waals surface area contributed by atoms with Gasteiger partial charge in [-0.1, -0.05) is 32.1 Å². The van der Waals surface area contributed by atoms with Crippen LogP contribution in [0.15, 0.2) is 0 Å². The van der Waals surface area contributed by atoms with E-state index >= 15 is 0 Å². The summed E-state index contributed by atoms with van der Waals surface area (Å²) in [5, 5.41) is 13.3. The first-order valence-electron chi connectivity index (χ1n) is 9.13. The third kappa shape index (κ3) is 3.99. The summed E-state index contributed by atoms with van der Waals surface area (Å²) in [5.41, 5.74) is -0.242. The number of rotatable bonds is 6. The van der Waals surface area contributed by atoms with Crippen molar-refractivity contribution in [1.82, 2.24) is 5.32 Å². The molecule has 3 rings (SSSR count). The van der Waals surface area contributed by atoms with Crippen molar-refractivity contribution in [2.75, 3.05) is 6.61 Å². The van der Waals surface area contributed by atoms with Crippen molar-refractivity contribution in [3.05, 3.63) is 0 Å². The molecule has 3 heteroatoms. The zero-order valence-corrected chi connectivity index (χ0v) is 13.3. The first-order valence-corrected chi connectivity index (χ1v) is 9.13. The lowest BCUT2D eigenvalue weighted by Gasteiger charge is -2.30. The van der Waals surface area contributed by atoms with Crippen LogP contribution in [0.5, 0.6) is 0 Å². The van der Waals surface area contributed by atoms with Gasteiger partial charge >= 0.3 is 0 Å². The zero-order valence-electron chi connectivity index (χ0n) is 13.3. The van der Waals surface area contributed by atoms with Crippen LogP contribution in [0, 0.1) is 17.2 Å². The van der Waals surface area contributed by atoms with Gasteiger partial charge in [0.1, 0.15) is 5.54 Å². The van der Waals surface area contributed by atoms with Crippen molar-refractivity contribution in [1.29, 1.82) is 5.26 Å². The Hall–Kier alpha value is -0.590. The molecule has 3 nitrogen and oxygen atoms in total. The minimum atomic E-state index is -0.242. The van der Waals surface area contributed by atoms with Crippen molar-refractivity contribution < 1.29 is 4.74 Å². The summed E-state index contributed by atoms with van der Waals surface area (Å²) in [6.45, 7) is 0.852. The first-order chi connectivity index (χ1) is 10.3. The van der Waals surface area contributed by atoms with Gasteiger partial charge in [-0.05, 0) is 50.9 Å². The van der Waals surface area contributed by atoms with E-state index in [1.54, 1.807) is 0 Å². The molecule has 2 atom stereocenters. The predicted molar refractivity (Wildman–Crippen MR) is 83.9 cm³/mol. The molecule has 3 aliphatic rings. The molecule has 3 fully saturated rings. The Kier molecular flexibility index (Phi) is 5.19. The summed E-state index contributed by atoms with van der Waals surface area (Å²) in [4.78, 5) is 0. The molecule has 1 N–H and O–H groups in total. The largest absolute Gasteiger partial charge is 0.378 e. The van der Waals surface area contributed by atoms with Gasteiger partial charge in [0.15, 0.2) is 0 Å². The second-order valence-electron chi connectivity index (χ2n) is 7.36. The number of nitrogens with one attached hydrogen (secondary N) is 1. The van der Waals surface area contributed by atoms with Crippen LogP contribution in [-0.2, 0) is 4.74 Å². The molecule has 0 aromatic heterocycles. The number of nitriles is 1. The molecule has 0 bridgehead atoms. The molecule has 0 aromatic rings. The van der Waals surface area contributed by atoms with Crippen molar-refractivity contribution >= 4 is 0 Å². The summed E-state index contributed by atoms with van der Waals surface area (Å²) in [7, 11) is 0. The van der Waals surface area contributed by atoms with Crippen LogP contribution in [-0.4, -0.2) is 24.3 Å². The van der Waals surface area contributed by atoms with Crippen LogP contribution in [0.1, 0.15) is 77.0 Å². The van der Waals surface area contributed by atoms with Gasteiger partial charge in [-0.2, -0.15) is 5.26 Å². The Bertz CT molecular complexity index is 366. The van der Waals surface area contributed by atoms with E-state index in [0.717, 1.165) is 19.4 Å². The standard InChI is InChI=1S/C18H30N2O/c19-14-18(20-16-9-10-16)12-5-6-15(18)11-13-21-17-7-3-1-2-4-8-17/h15-17,20H,1-13H2. The van der Waals surface area contributed by atoms with Gasteiger partial charge in [-0.15, -0.1) is 0 Å². The lowest BCUT2D eigenvalue weighted by Crippen LogP contribution is -2.48. The maximum absolute atomic E-state index is 9.70. The van der Waals surface area contributed by atoms with E-state index in [2.05, 4.69) is 11.4 Å². The Morgan fingerprint density at radius 1 is 1.00 bits per heavy atom. The second kappa shape index (κ2) is 7.11. The van der Waals surface area contributed by atoms with E-state index in [1.807, 2.05) is 0 Å². The van der Waals surface area contributed by atoms with Crippen molar-refractivity contribution in [3.8, 4) is 6.07 Å². The minimum Gasteiger partial charge on any atom is -0.378 e. The van der Waals surface area contributed by atoms with Gasteiger partial charge in [0.05, 0.1) is 12.2 Å². The normalized spacial score (nSPS) is 34.5. The average Bonchev–Trinajstić information content (AvgIpc) is 3.26. The predicted octanol–water partition coefficient (Wildman–Crippen LogP) is 3.93. The van der Waals surface area contributed by atoms with Gasteiger partial charge < -0.3 is 4.74 Å². The topological polar surface area (TPSA) is 45.0 Å². The Balaban J connectivity index is 1.45. The molecule has 3 saturated carbocycles. The van der Waals surface area contributed by atoms with Gasteiger partial charge in [0.2, 0.25) is 0 Å². The Morgan fingerprint density at radius 3 is 2.43 bits per heavy atom. The quantitative estimate of drug-likeness (QED) is 0.754. The van der Waals surface area contributed by atoms with E-state index in [9.17, 15) is 5.26 Å². The Labute approximate surface area is 129 Å². The maximum atomic E-state index is 9.70. The number of nitrogens with zero attached hydrogens (tertiary/aromatic N) is 1. The summed E-state index contributed by atoms with van der Waals surface area (Å²) < 4.78 is 6.15. The Morgan fingerprint density at radius 2 is 1.76 bits per heavy atom. The molecule has 0 aliphatic heterocycles. The second-order valence-corrected chi connectivity index (χ2v) is 7.36. The molecule has 0 heterocycles.